The highest BCUT2D eigenvalue weighted by atomic mass is 15.1. The molecule has 3 heteroatoms. The van der Waals surface area contributed by atoms with E-state index in [2.05, 4.69) is 23.7 Å². The van der Waals surface area contributed by atoms with Gasteiger partial charge in [-0.3, -0.25) is 9.88 Å². The fourth-order valence-electron chi connectivity index (χ4n) is 1.30. The molecule has 72 valence electrons. The van der Waals surface area contributed by atoms with Crippen molar-refractivity contribution in [1.29, 1.82) is 0 Å². The van der Waals surface area contributed by atoms with Gasteiger partial charge in [0, 0.05) is 18.9 Å². The Balaban J connectivity index is 2.62. The van der Waals surface area contributed by atoms with E-state index < -0.39 is 0 Å². The maximum Gasteiger partial charge on any atom is 0.0503 e. The van der Waals surface area contributed by atoms with E-state index in [9.17, 15) is 0 Å². The summed E-state index contributed by atoms with van der Waals surface area (Å²) in [7, 11) is 0. The molecule has 0 aliphatic rings. The third-order valence-electron chi connectivity index (χ3n) is 2.12. The number of nitrogens with two attached hydrogens (primary N) is 1. The Kier molecular flexibility index (Phi) is 3.71. The van der Waals surface area contributed by atoms with Gasteiger partial charge in [0.05, 0.1) is 5.69 Å². The van der Waals surface area contributed by atoms with E-state index >= 15 is 0 Å². The van der Waals surface area contributed by atoms with Crippen LogP contribution in [0.4, 0.5) is 5.69 Å². The van der Waals surface area contributed by atoms with E-state index in [-0.39, 0.29) is 0 Å². The molecular formula is C10H17N3. The Hall–Kier alpha value is -1.09. The predicted octanol–water partition coefficient (Wildman–Crippen LogP) is 1.51. The third kappa shape index (κ3) is 3.03. The van der Waals surface area contributed by atoms with E-state index in [0.717, 1.165) is 25.3 Å². The number of nitrogens with zero attached hydrogens (tertiary/aromatic N) is 2. The molecule has 0 aromatic carbocycles. The molecule has 0 aliphatic heterocycles. The van der Waals surface area contributed by atoms with Crippen molar-refractivity contribution in [3.8, 4) is 0 Å². The molecule has 0 unspecified atom stereocenters. The second kappa shape index (κ2) is 4.82. The lowest BCUT2D eigenvalue weighted by Gasteiger charge is -2.17. The van der Waals surface area contributed by atoms with Crippen LogP contribution in [-0.4, -0.2) is 23.0 Å². The zero-order chi connectivity index (χ0) is 9.68. The molecule has 1 aromatic heterocycles. The Morgan fingerprint density at radius 2 is 2.00 bits per heavy atom. The number of nitrogen functional groups attached to an aromatic ring is 1. The van der Waals surface area contributed by atoms with Gasteiger partial charge in [-0.1, -0.05) is 13.8 Å². The van der Waals surface area contributed by atoms with Crippen molar-refractivity contribution in [1.82, 2.24) is 9.88 Å². The lowest BCUT2D eigenvalue weighted by molar-refractivity contribution is 0.295. The number of hydrogen-bond acceptors (Lipinski definition) is 3. The summed E-state index contributed by atoms with van der Waals surface area (Å²) >= 11 is 0. The first-order valence-electron chi connectivity index (χ1n) is 4.68. The minimum Gasteiger partial charge on any atom is -0.397 e. The maximum atomic E-state index is 5.64. The van der Waals surface area contributed by atoms with Gasteiger partial charge in [0.1, 0.15) is 0 Å². The van der Waals surface area contributed by atoms with Crippen LogP contribution in [0.5, 0.6) is 0 Å². The molecule has 1 aromatic rings. The highest BCUT2D eigenvalue weighted by Gasteiger charge is 2.00. The minimum absolute atomic E-state index is 0.740. The summed E-state index contributed by atoms with van der Waals surface area (Å²) in [6.45, 7) is 7.37. The molecule has 1 heterocycles. The largest absolute Gasteiger partial charge is 0.397 e. The number of aromatic nitrogens is 1. The third-order valence-corrected chi connectivity index (χ3v) is 2.12. The Labute approximate surface area is 79.6 Å². The molecule has 0 spiro atoms. The summed E-state index contributed by atoms with van der Waals surface area (Å²) in [4.78, 5) is 6.38. The van der Waals surface area contributed by atoms with Gasteiger partial charge in [0.25, 0.3) is 0 Å². The van der Waals surface area contributed by atoms with Crippen molar-refractivity contribution in [2.75, 3.05) is 18.8 Å². The molecule has 0 amide bonds. The zero-order valence-electron chi connectivity index (χ0n) is 8.33. The average Bonchev–Trinajstić information content (AvgIpc) is 2.14. The summed E-state index contributed by atoms with van der Waals surface area (Å²) in [5, 5.41) is 0. The first kappa shape index (κ1) is 9.99. The molecule has 0 bridgehead atoms. The summed E-state index contributed by atoms with van der Waals surface area (Å²) < 4.78 is 0. The van der Waals surface area contributed by atoms with Crippen LogP contribution < -0.4 is 5.73 Å². The van der Waals surface area contributed by atoms with Gasteiger partial charge in [-0.15, -0.1) is 0 Å². The van der Waals surface area contributed by atoms with Crippen LogP contribution >= 0.6 is 0 Å². The lowest BCUT2D eigenvalue weighted by atomic mass is 10.2. The van der Waals surface area contributed by atoms with Crippen LogP contribution in [-0.2, 0) is 6.54 Å². The standard InChI is InChI=1S/C10H17N3/c1-3-13(4-2)8-9-5-10(11)7-12-6-9/h5-7H,3-4,8,11H2,1-2H3. The van der Waals surface area contributed by atoms with Crippen LogP contribution in [0.25, 0.3) is 0 Å². The van der Waals surface area contributed by atoms with Crippen LogP contribution in [0.3, 0.4) is 0 Å². The van der Waals surface area contributed by atoms with Gasteiger partial charge in [0.15, 0.2) is 0 Å². The second-order valence-corrected chi connectivity index (χ2v) is 3.09. The van der Waals surface area contributed by atoms with Gasteiger partial charge in [-0.25, -0.2) is 0 Å². The highest BCUT2D eigenvalue weighted by Crippen LogP contribution is 2.06. The average molecular weight is 179 g/mol. The number of anilines is 1. The quantitative estimate of drug-likeness (QED) is 0.761. The van der Waals surface area contributed by atoms with Gasteiger partial charge < -0.3 is 5.73 Å². The van der Waals surface area contributed by atoms with E-state index in [1.54, 1.807) is 6.20 Å². The monoisotopic (exact) mass is 179 g/mol. The molecule has 3 nitrogen and oxygen atoms in total. The van der Waals surface area contributed by atoms with Crippen LogP contribution in [0, 0.1) is 0 Å². The molecular weight excluding hydrogens is 162 g/mol. The summed E-state index contributed by atoms with van der Waals surface area (Å²) in [6.07, 6.45) is 3.54. The van der Waals surface area contributed by atoms with Gasteiger partial charge >= 0.3 is 0 Å². The van der Waals surface area contributed by atoms with E-state index in [1.807, 2.05) is 12.3 Å². The summed E-state index contributed by atoms with van der Waals surface area (Å²) in [5.74, 6) is 0. The second-order valence-electron chi connectivity index (χ2n) is 3.09. The molecule has 0 atom stereocenters. The Morgan fingerprint density at radius 3 is 2.54 bits per heavy atom. The molecule has 0 fully saturated rings. The van der Waals surface area contributed by atoms with Crippen molar-refractivity contribution in [2.45, 2.75) is 20.4 Å². The molecule has 2 N–H and O–H groups in total. The van der Waals surface area contributed by atoms with Crippen molar-refractivity contribution < 1.29 is 0 Å². The fraction of sp³-hybridized carbons (Fsp3) is 0.500. The van der Waals surface area contributed by atoms with Crippen LogP contribution in [0.2, 0.25) is 0 Å². The van der Waals surface area contributed by atoms with Gasteiger partial charge in [0.2, 0.25) is 0 Å². The zero-order valence-corrected chi connectivity index (χ0v) is 8.33. The SMILES string of the molecule is CCN(CC)Cc1cncc(N)c1. The van der Waals surface area contributed by atoms with Crippen molar-refractivity contribution >= 4 is 5.69 Å². The molecule has 0 saturated heterocycles. The first-order valence-corrected chi connectivity index (χ1v) is 4.68. The Bertz CT molecular complexity index is 256. The van der Waals surface area contributed by atoms with Crippen molar-refractivity contribution in [3.63, 3.8) is 0 Å². The summed E-state index contributed by atoms with van der Waals surface area (Å²) in [5.41, 5.74) is 7.56. The molecule has 1 rings (SSSR count). The van der Waals surface area contributed by atoms with E-state index in [1.165, 1.54) is 5.56 Å². The lowest BCUT2D eigenvalue weighted by Crippen LogP contribution is -2.22. The highest BCUT2D eigenvalue weighted by molar-refractivity contribution is 5.36. The van der Waals surface area contributed by atoms with Crippen LogP contribution in [0.1, 0.15) is 19.4 Å². The number of pyridine rings is 1. The molecule has 0 saturated carbocycles. The fourth-order valence-corrected chi connectivity index (χ4v) is 1.30. The summed E-state index contributed by atoms with van der Waals surface area (Å²) in [6, 6.07) is 1.98. The van der Waals surface area contributed by atoms with E-state index in [4.69, 9.17) is 5.73 Å². The maximum absolute atomic E-state index is 5.64. The normalized spacial score (nSPS) is 10.7. The van der Waals surface area contributed by atoms with Crippen molar-refractivity contribution in [3.05, 3.63) is 24.0 Å². The molecule has 0 aliphatic carbocycles. The molecule has 13 heavy (non-hydrogen) atoms. The van der Waals surface area contributed by atoms with Crippen molar-refractivity contribution in [2.24, 2.45) is 0 Å². The number of rotatable bonds is 4. The Morgan fingerprint density at radius 1 is 1.31 bits per heavy atom. The smallest absolute Gasteiger partial charge is 0.0503 e. The van der Waals surface area contributed by atoms with E-state index in [0.29, 0.717) is 0 Å². The minimum atomic E-state index is 0.740. The number of hydrogen-bond donors (Lipinski definition) is 1. The predicted molar refractivity (Wildman–Crippen MR) is 55.3 cm³/mol. The van der Waals surface area contributed by atoms with Crippen LogP contribution in [0.15, 0.2) is 18.5 Å². The van der Waals surface area contributed by atoms with Gasteiger partial charge in [-0.2, -0.15) is 0 Å². The van der Waals surface area contributed by atoms with Gasteiger partial charge in [-0.05, 0) is 24.7 Å². The topological polar surface area (TPSA) is 42.2 Å². The molecule has 0 radical (unpaired) electrons. The first-order chi connectivity index (χ1) is 6.26.